The Labute approximate surface area is 103 Å². The summed E-state index contributed by atoms with van der Waals surface area (Å²) in [6.45, 7) is 1.86. The Hall–Kier alpha value is -1.60. The van der Waals surface area contributed by atoms with Crippen molar-refractivity contribution in [3.8, 4) is 0 Å². The molecule has 2 heterocycles. The average molecular weight is 269 g/mol. The first-order valence-electron chi connectivity index (χ1n) is 4.78. The number of rotatable bonds is 3. The number of anilines is 2. The van der Waals surface area contributed by atoms with Crippen LogP contribution in [0, 0.1) is 6.92 Å². The molecular formula is C10H11N3O2S2. The van der Waals surface area contributed by atoms with Crippen molar-refractivity contribution in [1.82, 2.24) is 4.98 Å². The smallest absolute Gasteiger partial charge is 0.271 e. The lowest BCUT2D eigenvalue weighted by Gasteiger charge is -2.05. The first-order valence-corrected chi connectivity index (χ1v) is 7.08. The van der Waals surface area contributed by atoms with Crippen molar-refractivity contribution < 1.29 is 8.42 Å². The third-order valence-corrected chi connectivity index (χ3v) is 4.89. The Morgan fingerprint density at radius 1 is 1.29 bits per heavy atom. The number of nitrogens with two attached hydrogens (primary N) is 1. The number of nitrogens with one attached hydrogen (secondary N) is 1. The largest absolute Gasteiger partial charge is 0.384 e. The van der Waals surface area contributed by atoms with Crippen molar-refractivity contribution in [2.24, 2.45) is 0 Å². The van der Waals surface area contributed by atoms with Crippen LogP contribution in [0.25, 0.3) is 0 Å². The van der Waals surface area contributed by atoms with E-state index in [4.69, 9.17) is 5.73 Å². The molecule has 0 saturated carbocycles. The Kier molecular flexibility index (Phi) is 3.03. The normalized spacial score (nSPS) is 11.4. The molecule has 0 radical (unpaired) electrons. The molecule has 7 heteroatoms. The van der Waals surface area contributed by atoms with Crippen LogP contribution in [0.15, 0.2) is 34.7 Å². The van der Waals surface area contributed by atoms with Crippen molar-refractivity contribution in [2.45, 2.75) is 11.1 Å². The predicted octanol–water partition coefficient (Wildman–Crippen LogP) is 1.83. The topological polar surface area (TPSA) is 85.1 Å². The second-order valence-electron chi connectivity index (χ2n) is 3.44. The predicted molar refractivity (Wildman–Crippen MR) is 68.5 cm³/mol. The summed E-state index contributed by atoms with van der Waals surface area (Å²) in [5.41, 5.74) is 5.81. The maximum absolute atomic E-state index is 11.9. The minimum atomic E-state index is -3.52. The van der Waals surface area contributed by atoms with Gasteiger partial charge in [0.25, 0.3) is 10.0 Å². The summed E-state index contributed by atoms with van der Waals surface area (Å²) in [5, 5.41) is 0. The van der Waals surface area contributed by atoms with Crippen LogP contribution < -0.4 is 10.5 Å². The van der Waals surface area contributed by atoms with Gasteiger partial charge in [-0.2, -0.15) is 0 Å². The fourth-order valence-electron chi connectivity index (χ4n) is 1.23. The molecule has 0 amide bonds. The van der Waals surface area contributed by atoms with E-state index >= 15 is 0 Å². The zero-order valence-corrected chi connectivity index (χ0v) is 10.7. The van der Waals surface area contributed by atoms with Crippen molar-refractivity contribution >= 4 is 32.9 Å². The van der Waals surface area contributed by atoms with E-state index < -0.39 is 10.0 Å². The quantitative estimate of drug-likeness (QED) is 0.890. The number of nitrogen functional groups attached to an aromatic ring is 1. The number of hydrogen-bond acceptors (Lipinski definition) is 5. The Bertz CT molecular complexity index is 617. The molecule has 0 aromatic carbocycles. The van der Waals surface area contributed by atoms with Gasteiger partial charge >= 0.3 is 0 Å². The van der Waals surface area contributed by atoms with Gasteiger partial charge in [-0.25, -0.2) is 13.4 Å². The van der Waals surface area contributed by atoms with Crippen LogP contribution in [-0.4, -0.2) is 13.4 Å². The van der Waals surface area contributed by atoms with Gasteiger partial charge in [0.15, 0.2) is 0 Å². The molecule has 3 N–H and O–H groups in total. The summed E-state index contributed by atoms with van der Waals surface area (Å²) in [4.78, 5) is 4.76. The van der Waals surface area contributed by atoms with E-state index in [1.54, 1.807) is 18.2 Å². The SMILES string of the molecule is Cc1ccc(S(=O)(=O)Nc2ccc(N)nc2)s1. The molecule has 0 aliphatic heterocycles. The van der Waals surface area contributed by atoms with Crippen LogP contribution in [0.3, 0.4) is 0 Å². The number of hydrogen-bond donors (Lipinski definition) is 2. The molecule has 0 bridgehead atoms. The third kappa shape index (κ3) is 2.75. The zero-order chi connectivity index (χ0) is 12.5. The van der Waals surface area contributed by atoms with E-state index in [0.29, 0.717) is 11.5 Å². The molecule has 0 aliphatic carbocycles. The Morgan fingerprint density at radius 3 is 2.59 bits per heavy atom. The molecule has 17 heavy (non-hydrogen) atoms. The fraction of sp³-hybridized carbons (Fsp3) is 0.100. The van der Waals surface area contributed by atoms with E-state index in [1.165, 1.54) is 23.6 Å². The highest BCUT2D eigenvalue weighted by Gasteiger charge is 2.16. The van der Waals surface area contributed by atoms with E-state index in [9.17, 15) is 8.42 Å². The van der Waals surface area contributed by atoms with Gasteiger partial charge in [0.2, 0.25) is 0 Å². The molecular weight excluding hydrogens is 258 g/mol. The zero-order valence-electron chi connectivity index (χ0n) is 9.04. The monoisotopic (exact) mass is 269 g/mol. The molecule has 5 nitrogen and oxygen atoms in total. The minimum Gasteiger partial charge on any atom is -0.384 e. The Morgan fingerprint density at radius 2 is 2.06 bits per heavy atom. The summed E-state index contributed by atoms with van der Waals surface area (Å²) in [5.74, 6) is 0.347. The van der Waals surface area contributed by atoms with Crippen LogP contribution in [-0.2, 0) is 10.0 Å². The lowest BCUT2D eigenvalue weighted by molar-refractivity contribution is 0.603. The van der Waals surface area contributed by atoms with Crippen molar-refractivity contribution in [3.63, 3.8) is 0 Å². The first kappa shape index (κ1) is 11.9. The molecule has 0 fully saturated rings. The maximum Gasteiger partial charge on any atom is 0.271 e. The van der Waals surface area contributed by atoms with Crippen LogP contribution in [0.4, 0.5) is 11.5 Å². The minimum absolute atomic E-state index is 0.284. The molecule has 0 unspecified atom stereocenters. The van der Waals surface area contributed by atoms with Gasteiger partial charge in [0.1, 0.15) is 10.0 Å². The number of aryl methyl sites for hydroxylation is 1. The van der Waals surface area contributed by atoms with Crippen LogP contribution in [0.2, 0.25) is 0 Å². The number of aromatic nitrogens is 1. The van der Waals surface area contributed by atoms with E-state index in [0.717, 1.165) is 4.88 Å². The summed E-state index contributed by atoms with van der Waals surface area (Å²) < 4.78 is 26.6. The first-order chi connectivity index (χ1) is 7.97. The lowest BCUT2D eigenvalue weighted by atomic mass is 10.4. The van der Waals surface area contributed by atoms with Crippen molar-refractivity contribution in [2.75, 3.05) is 10.5 Å². The average Bonchev–Trinajstić information content (AvgIpc) is 2.69. The van der Waals surface area contributed by atoms with Gasteiger partial charge in [-0.05, 0) is 31.2 Å². The van der Waals surface area contributed by atoms with Gasteiger partial charge in [-0.15, -0.1) is 11.3 Å². The summed E-state index contributed by atoms with van der Waals surface area (Å²) in [6.07, 6.45) is 1.38. The van der Waals surface area contributed by atoms with Gasteiger partial charge < -0.3 is 5.73 Å². The van der Waals surface area contributed by atoms with E-state index in [1.807, 2.05) is 6.92 Å². The number of nitrogens with zero attached hydrogens (tertiary/aromatic N) is 1. The van der Waals surface area contributed by atoms with E-state index in [-0.39, 0.29) is 4.21 Å². The molecule has 0 saturated heterocycles. The van der Waals surface area contributed by atoms with Crippen LogP contribution >= 0.6 is 11.3 Å². The highest BCUT2D eigenvalue weighted by atomic mass is 32.2. The number of pyridine rings is 1. The van der Waals surface area contributed by atoms with Crippen molar-refractivity contribution in [3.05, 3.63) is 35.3 Å². The van der Waals surface area contributed by atoms with Crippen LogP contribution in [0.1, 0.15) is 4.88 Å². The molecule has 90 valence electrons. The summed E-state index contributed by atoms with van der Waals surface area (Å²) in [7, 11) is -3.52. The molecule has 0 aliphatic rings. The molecule has 2 aromatic rings. The summed E-state index contributed by atoms with van der Waals surface area (Å²) in [6, 6.07) is 6.45. The van der Waals surface area contributed by atoms with Gasteiger partial charge in [0.05, 0.1) is 11.9 Å². The highest BCUT2D eigenvalue weighted by Crippen LogP contribution is 2.23. The van der Waals surface area contributed by atoms with Crippen molar-refractivity contribution in [1.29, 1.82) is 0 Å². The number of sulfonamides is 1. The molecule has 0 spiro atoms. The maximum atomic E-state index is 11.9. The standard InChI is InChI=1S/C10H11N3O2S2/c1-7-2-5-10(16-7)17(14,15)13-8-3-4-9(11)12-6-8/h2-6,13H,1H3,(H2,11,12). The van der Waals surface area contributed by atoms with Crippen LogP contribution in [0.5, 0.6) is 0 Å². The molecule has 2 aromatic heterocycles. The third-order valence-electron chi connectivity index (χ3n) is 2.02. The summed E-state index contributed by atoms with van der Waals surface area (Å²) >= 11 is 1.22. The highest BCUT2D eigenvalue weighted by molar-refractivity contribution is 7.94. The second-order valence-corrected chi connectivity index (χ2v) is 6.64. The number of thiophene rings is 1. The van der Waals surface area contributed by atoms with Gasteiger partial charge in [-0.3, -0.25) is 4.72 Å². The van der Waals surface area contributed by atoms with E-state index in [2.05, 4.69) is 9.71 Å². The van der Waals surface area contributed by atoms with Gasteiger partial charge in [0, 0.05) is 4.88 Å². The lowest BCUT2D eigenvalue weighted by Crippen LogP contribution is -2.11. The molecule has 0 atom stereocenters. The van der Waals surface area contributed by atoms with Gasteiger partial charge in [-0.1, -0.05) is 0 Å². The molecule has 2 rings (SSSR count). The fourth-order valence-corrected chi connectivity index (χ4v) is 3.55. The second kappa shape index (κ2) is 4.34. The Balaban J connectivity index is 2.26.